The second-order valence-electron chi connectivity index (χ2n) is 7.48. The number of hydrogen-bond donors (Lipinski definition) is 4. The van der Waals surface area contributed by atoms with Crippen molar-refractivity contribution in [3.63, 3.8) is 0 Å². The molecule has 0 saturated carbocycles. The SMILES string of the molecule is O=C1CCC(N2Cc3cc(CNC4CNCC4CO)ccc3C2=O)C(=O)N1. The smallest absolute Gasteiger partial charge is 0.255 e. The van der Waals surface area contributed by atoms with E-state index >= 15 is 0 Å². The van der Waals surface area contributed by atoms with Crippen molar-refractivity contribution in [2.24, 2.45) is 5.92 Å². The molecule has 3 amide bonds. The highest BCUT2D eigenvalue weighted by atomic mass is 16.3. The molecule has 2 fully saturated rings. The standard InChI is InChI=1S/C19H24N4O4/c24-10-13-7-20-8-15(13)21-6-11-1-2-14-12(5-11)9-23(19(14)27)16-3-4-17(25)22-18(16)26/h1-2,5,13,15-16,20-21,24H,3-4,6-10H2,(H,22,25,26). The molecule has 1 aromatic rings. The maximum Gasteiger partial charge on any atom is 0.255 e. The van der Waals surface area contributed by atoms with Crippen LogP contribution in [0.25, 0.3) is 0 Å². The second kappa shape index (κ2) is 7.38. The quantitative estimate of drug-likeness (QED) is 0.500. The molecule has 3 aliphatic heterocycles. The molecular weight excluding hydrogens is 348 g/mol. The molecule has 4 rings (SSSR count). The van der Waals surface area contributed by atoms with Crippen LogP contribution in [0.1, 0.15) is 34.3 Å². The summed E-state index contributed by atoms with van der Waals surface area (Å²) in [5, 5.41) is 18.5. The van der Waals surface area contributed by atoms with Gasteiger partial charge in [0, 0.05) is 56.7 Å². The van der Waals surface area contributed by atoms with Crippen molar-refractivity contribution in [2.75, 3.05) is 19.7 Å². The summed E-state index contributed by atoms with van der Waals surface area (Å²) in [6.45, 7) is 2.84. The number of benzene rings is 1. The summed E-state index contributed by atoms with van der Waals surface area (Å²) in [6.07, 6.45) is 0.628. The minimum absolute atomic E-state index is 0.153. The lowest BCUT2D eigenvalue weighted by molar-refractivity contribution is -0.136. The highest BCUT2D eigenvalue weighted by molar-refractivity contribution is 6.05. The molecule has 0 radical (unpaired) electrons. The Bertz CT molecular complexity index is 781. The van der Waals surface area contributed by atoms with Crippen LogP contribution in [0.5, 0.6) is 0 Å². The minimum atomic E-state index is -0.584. The van der Waals surface area contributed by atoms with E-state index in [1.165, 1.54) is 0 Å². The van der Waals surface area contributed by atoms with Gasteiger partial charge in [0.15, 0.2) is 0 Å². The molecule has 1 aromatic carbocycles. The Kier molecular flexibility index (Phi) is 4.94. The number of carbonyl (C=O) groups is 3. The van der Waals surface area contributed by atoms with Crippen LogP contribution in [0.2, 0.25) is 0 Å². The Balaban J connectivity index is 1.43. The fraction of sp³-hybridized carbons (Fsp3) is 0.526. The largest absolute Gasteiger partial charge is 0.396 e. The van der Waals surface area contributed by atoms with Gasteiger partial charge in [0.1, 0.15) is 6.04 Å². The highest BCUT2D eigenvalue weighted by Crippen LogP contribution is 2.28. The van der Waals surface area contributed by atoms with Gasteiger partial charge in [0.05, 0.1) is 0 Å². The first kappa shape index (κ1) is 18.1. The summed E-state index contributed by atoms with van der Waals surface area (Å²) < 4.78 is 0. The number of hydrogen-bond acceptors (Lipinski definition) is 6. The number of nitrogens with one attached hydrogen (secondary N) is 3. The molecule has 3 atom stereocenters. The van der Waals surface area contributed by atoms with Crippen molar-refractivity contribution in [3.8, 4) is 0 Å². The summed E-state index contributed by atoms with van der Waals surface area (Å²) in [6, 6.07) is 5.39. The molecule has 3 aliphatic rings. The van der Waals surface area contributed by atoms with Gasteiger partial charge in [-0.25, -0.2) is 0 Å². The Morgan fingerprint density at radius 2 is 2.07 bits per heavy atom. The molecule has 3 heterocycles. The Hall–Kier alpha value is -2.29. The van der Waals surface area contributed by atoms with Crippen LogP contribution in [0, 0.1) is 5.92 Å². The number of fused-ring (bicyclic) bond motifs is 1. The third kappa shape index (κ3) is 3.47. The molecule has 0 aromatic heterocycles. The van der Waals surface area contributed by atoms with Crippen LogP contribution in [0.3, 0.4) is 0 Å². The topological polar surface area (TPSA) is 111 Å². The van der Waals surface area contributed by atoms with E-state index in [-0.39, 0.29) is 36.8 Å². The number of piperidine rings is 1. The molecule has 2 saturated heterocycles. The van der Waals surface area contributed by atoms with E-state index in [0.29, 0.717) is 25.1 Å². The average molecular weight is 372 g/mol. The lowest BCUT2D eigenvalue weighted by Crippen LogP contribution is -2.52. The number of aliphatic hydroxyl groups excluding tert-OH is 1. The lowest BCUT2D eigenvalue weighted by atomic mass is 10.0. The number of carbonyl (C=O) groups excluding carboxylic acids is 3. The summed E-state index contributed by atoms with van der Waals surface area (Å²) in [4.78, 5) is 37.7. The molecule has 8 heteroatoms. The average Bonchev–Trinajstić information content (AvgIpc) is 3.24. The molecule has 144 valence electrons. The van der Waals surface area contributed by atoms with Gasteiger partial charge < -0.3 is 20.6 Å². The first-order valence-corrected chi connectivity index (χ1v) is 9.38. The zero-order chi connectivity index (χ0) is 19.0. The zero-order valence-corrected chi connectivity index (χ0v) is 15.0. The second-order valence-corrected chi connectivity index (χ2v) is 7.48. The summed E-state index contributed by atoms with van der Waals surface area (Å²) in [7, 11) is 0. The van der Waals surface area contributed by atoms with E-state index in [0.717, 1.165) is 24.2 Å². The van der Waals surface area contributed by atoms with E-state index < -0.39 is 11.9 Å². The summed E-state index contributed by atoms with van der Waals surface area (Å²) >= 11 is 0. The van der Waals surface area contributed by atoms with Crippen LogP contribution in [0.15, 0.2) is 18.2 Å². The van der Waals surface area contributed by atoms with Gasteiger partial charge in [-0.05, 0) is 23.6 Å². The Labute approximate surface area is 157 Å². The number of nitrogens with zero attached hydrogens (tertiary/aromatic N) is 1. The maximum absolute atomic E-state index is 12.7. The van der Waals surface area contributed by atoms with Crippen molar-refractivity contribution >= 4 is 17.7 Å². The predicted molar refractivity (Wildman–Crippen MR) is 96.6 cm³/mol. The monoisotopic (exact) mass is 372 g/mol. The predicted octanol–water partition coefficient (Wildman–Crippen LogP) is -0.882. The zero-order valence-electron chi connectivity index (χ0n) is 15.0. The number of amides is 3. The van der Waals surface area contributed by atoms with Crippen molar-refractivity contribution in [2.45, 2.75) is 38.0 Å². The van der Waals surface area contributed by atoms with E-state index in [4.69, 9.17) is 0 Å². The van der Waals surface area contributed by atoms with Crippen molar-refractivity contribution in [3.05, 3.63) is 34.9 Å². The fourth-order valence-corrected chi connectivity index (χ4v) is 4.15. The molecule has 8 nitrogen and oxygen atoms in total. The number of imide groups is 1. The van der Waals surface area contributed by atoms with Crippen molar-refractivity contribution in [1.29, 1.82) is 0 Å². The normalized spacial score (nSPS) is 27.8. The number of aliphatic hydroxyl groups is 1. The molecule has 3 unspecified atom stereocenters. The van der Waals surface area contributed by atoms with Crippen LogP contribution < -0.4 is 16.0 Å². The Morgan fingerprint density at radius 1 is 1.22 bits per heavy atom. The third-order valence-corrected chi connectivity index (χ3v) is 5.73. The van der Waals surface area contributed by atoms with Crippen molar-refractivity contribution < 1.29 is 19.5 Å². The van der Waals surface area contributed by atoms with Gasteiger partial charge in [-0.3, -0.25) is 19.7 Å². The first-order chi connectivity index (χ1) is 13.1. The van der Waals surface area contributed by atoms with Gasteiger partial charge >= 0.3 is 0 Å². The fourth-order valence-electron chi connectivity index (χ4n) is 4.15. The summed E-state index contributed by atoms with van der Waals surface area (Å²) in [5.41, 5.74) is 2.60. The molecule has 0 bridgehead atoms. The van der Waals surface area contributed by atoms with Crippen LogP contribution in [-0.4, -0.2) is 59.5 Å². The minimum Gasteiger partial charge on any atom is -0.396 e. The molecular formula is C19H24N4O4. The van der Waals surface area contributed by atoms with E-state index in [9.17, 15) is 19.5 Å². The lowest BCUT2D eigenvalue weighted by Gasteiger charge is -2.29. The van der Waals surface area contributed by atoms with Crippen molar-refractivity contribution in [1.82, 2.24) is 20.9 Å². The number of rotatable bonds is 5. The molecule has 0 spiro atoms. The highest BCUT2D eigenvalue weighted by Gasteiger charge is 2.39. The molecule has 4 N–H and O–H groups in total. The first-order valence-electron chi connectivity index (χ1n) is 9.38. The third-order valence-electron chi connectivity index (χ3n) is 5.73. The van der Waals surface area contributed by atoms with E-state index in [2.05, 4.69) is 16.0 Å². The van der Waals surface area contributed by atoms with Gasteiger partial charge in [0.25, 0.3) is 5.91 Å². The summed E-state index contributed by atoms with van der Waals surface area (Å²) in [5.74, 6) is -0.613. The van der Waals surface area contributed by atoms with Gasteiger partial charge in [-0.1, -0.05) is 12.1 Å². The van der Waals surface area contributed by atoms with Gasteiger partial charge in [-0.15, -0.1) is 0 Å². The van der Waals surface area contributed by atoms with E-state index in [1.807, 2.05) is 18.2 Å². The van der Waals surface area contributed by atoms with Crippen LogP contribution in [0.4, 0.5) is 0 Å². The van der Waals surface area contributed by atoms with Gasteiger partial charge in [0.2, 0.25) is 11.8 Å². The Morgan fingerprint density at radius 3 is 2.85 bits per heavy atom. The van der Waals surface area contributed by atoms with E-state index in [1.54, 1.807) is 4.90 Å². The van der Waals surface area contributed by atoms with Crippen LogP contribution >= 0.6 is 0 Å². The molecule has 27 heavy (non-hydrogen) atoms. The van der Waals surface area contributed by atoms with Crippen LogP contribution in [-0.2, 0) is 22.7 Å². The van der Waals surface area contributed by atoms with Gasteiger partial charge in [-0.2, -0.15) is 0 Å². The molecule has 0 aliphatic carbocycles. The maximum atomic E-state index is 12.7.